The molecule has 2 amide bonds. The summed E-state index contributed by atoms with van der Waals surface area (Å²) in [7, 11) is 0. The van der Waals surface area contributed by atoms with Gasteiger partial charge in [-0.15, -0.1) is 0 Å². The molecular formula is C38H48N4O5. The number of carbonyl (C=O) groups excluding carboxylic acids is 2. The molecule has 0 radical (unpaired) electrons. The topological polar surface area (TPSA) is 116 Å². The average Bonchev–Trinajstić information content (AvgIpc) is 3.60. The fraction of sp³-hybridized carbons (Fsp3) is 0.579. The predicted octanol–water partition coefficient (Wildman–Crippen LogP) is 8.10. The number of nitrogens with one attached hydrogen (secondary N) is 2. The minimum Gasteiger partial charge on any atom is -0.449 e. The number of unbranched alkanes of at least 4 members (excludes halogenated alkanes) is 1. The van der Waals surface area contributed by atoms with Crippen LogP contribution in [-0.4, -0.2) is 41.1 Å². The molecule has 9 nitrogen and oxygen atoms in total. The van der Waals surface area contributed by atoms with Crippen molar-refractivity contribution >= 4 is 12.2 Å². The van der Waals surface area contributed by atoms with Crippen molar-refractivity contribution in [3.8, 4) is 11.1 Å². The quantitative estimate of drug-likeness (QED) is 0.204. The van der Waals surface area contributed by atoms with Gasteiger partial charge in [0.25, 0.3) is 0 Å². The third-order valence-electron chi connectivity index (χ3n) is 10.7. The fourth-order valence-corrected chi connectivity index (χ4v) is 9.34. The summed E-state index contributed by atoms with van der Waals surface area (Å²) < 4.78 is 17.1. The summed E-state index contributed by atoms with van der Waals surface area (Å²) in [6, 6.07) is 16.1. The smallest absolute Gasteiger partial charge is 0.407 e. The zero-order valence-corrected chi connectivity index (χ0v) is 27.9. The third-order valence-corrected chi connectivity index (χ3v) is 10.7. The summed E-state index contributed by atoms with van der Waals surface area (Å²) in [5, 5.41) is 10.3. The van der Waals surface area contributed by atoms with Crippen LogP contribution in [0.5, 0.6) is 0 Å². The molecule has 2 aromatic carbocycles. The van der Waals surface area contributed by atoms with Gasteiger partial charge in [0.05, 0.1) is 0 Å². The molecule has 4 bridgehead atoms. The van der Waals surface area contributed by atoms with E-state index in [2.05, 4.69) is 40.1 Å². The molecule has 5 aliphatic rings. The molecule has 47 heavy (non-hydrogen) atoms. The minimum absolute atomic E-state index is 0.0270. The molecule has 4 fully saturated rings. The van der Waals surface area contributed by atoms with Gasteiger partial charge in [0.2, 0.25) is 5.89 Å². The van der Waals surface area contributed by atoms with Crippen molar-refractivity contribution in [3.63, 3.8) is 0 Å². The first kappa shape index (κ1) is 31.7. The molecule has 0 unspecified atom stereocenters. The summed E-state index contributed by atoms with van der Waals surface area (Å²) in [4.78, 5) is 30.3. The van der Waals surface area contributed by atoms with Crippen LogP contribution in [0.4, 0.5) is 9.59 Å². The van der Waals surface area contributed by atoms with Crippen molar-refractivity contribution in [2.75, 3.05) is 13.2 Å². The Labute approximate surface area is 277 Å². The molecule has 0 saturated heterocycles. The molecule has 5 aliphatic carbocycles. The summed E-state index contributed by atoms with van der Waals surface area (Å²) in [5.74, 6) is 3.69. The van der Waals surface area contributed by atoms with E-state index in [1.807, 2.05) is 45.0 Å². The first-order chi connectivity index (χ1) is 22.6. The van der Waals surface area contributed by atoms with E-state index in [9.17, 15) is 9.59 Å². The molecule has 9 heteroatoms. The molecule has 8 rings (SSSR count). The number of hydrogen-bond acceptors (Lipinski definition) is 7. The van der Waals surface area contributed by atoms with Gasteiger partial charge in [-0.2, -0.15) is 4.98 Å². The van der Waals surface area contributed by atoms with Crippen molar-refractivity contribution in [2.24, 2.45) is 23.2 Å². The number of nitrogens with zero attached hydrogens (tertiary/aromatic N) is 2. The van der Waals surface area contributed by atoms with E-state index in [1.165, 1.54) is 60.8 Å². The van der Waals surface area contributed by atoms with Crippen LogP contribution in [0.1, 0.15) is 113 Å². The summed E-state index contributed by atoms with van der Waals surface area (Å²) in [6.45, 7) is 6.22. The molecule has 0 aliphatic heterocycles. The lowest BCUT2D eigenvalue weighted by molar-refractivity contribution is -0.0533. The van der Waals surface area contributed by atoms with E-state index in [4.69, 9.17) is 19.0 Å². The molecule has 1 atom stereocenters. The Hall–Kier alpha value is -3.88. The molecule has 1 heterocycles. The summed E-state index contributed by atoms with van der Waals surface area (Å²) >= 11 is 0. The molecular weight excluding hydrogens is 592 g/mol. The molecule has 0 spiro atoms. The Kier molecular flexibility index (Phi) is 8.75. The Morgan fingerprint density at radius 1 is 0.915 bits per heavy atom. The number of fused-ring (bicyclic) bond motifs is 3. The Balaban J connectivity index is 0.997. The first-order valence-electron chi connectivity index (χ1n) is 17.5. The SMILES string of the molecule is CC(C)(C)OC(=O)NCCCC[C@H](NC(=O)OCC1c2ccccc2-c2ccccc21)c1nc(CC23CC4CC(CC(C4)C2)C3)no1. The Morgan fingerprint density at radius 2 is 1.53 bits per heavy atom. The van der Waals surface area contributed by atoms with Crippen LogP contribution < -0.4 is 10.6 Å². The lowest BCUT2D eigenvalue weighted by Crippen LogP contribution is -2.47. The Bertz CT molecular complexity index is 1510. The fourth-order valence-electron chi connectivity index (χ4n) is 9.34. The molecule has 250 valence electrons. The van der Waals surface area contributed by atoms with Crippen LogP contribution in [0.2, 0.25) is 0 Å². The lowest BCUT2D eigenvalue weighted by atomic mass is 9.49. The maximum atomic E-state index is 13.3. The number of alkyl carbamates (subject to hydrolysis) is 2. The average molecular weight is 641 g/mol. The second-order valence-electron chi connectivity index (χ2n) is 15.6. The van der Waals surface area contributed by atoms with Crippen molar-refractivity contribution in [2.45, 2.75) is 103 Å². The number of aromatic nitrogens is 2. The Morgan fingerprint density at radius 3 is 2.15 bits per heavy atom. The highest BCUT2D eigenvalue weighted by molar-refractivity contribution is 5.79. The van der Waals surface area contributed by atoms with Crippen molar-refractivity contribution < 1.29 is 23.6 Å². The monoisotopic (exact) mass is 640 g/mol. The summed E-state index contributed by atoms with van der Waals surface area (Å²) in [6.07, 6.45) is 9.90. The van der Waals surface area contributed by atoms with Crippen LogP contribution in [0, 0.1) is 23.2 Å². The van der Waals surface area contributed by atoms with E-state index in [1.54, 1.807) is 0 Å². The van der Waals surface area contributed by atoms with Crippen LogP contribution in [-0.2, 0) is 15.9 Å². The van der Waals surface area contributed by atoms with E-state index >= 15 is 0 Å². The molecule has 4 saturated carbocycles. The summed E-state index contributed by atoms with van der Waals surface area (Å²) in [5.41, 5.74) is 4.45. The number of hydrogen-bond donors (Lipinski definition) is 2. The number of carbonyl (C=O) groups is 2. The zero-order valence-electron chi connectivity index (χ0n) is 27.9. The number of amides is 2. The number of rotatable bonds is 11. The second kappa shape index (κ2) is 13.0. The first-order valence-corrected chi connectivity index (χ1v) is 17.5. The van der Waals surface area contributed by atoms with Crippen LogP contribution >= 0.6 is 0 Å². The minimum atomic E-state index is -0.548. The predicted molar refractivity (Wildman–Crippen MR) is 178 cm³/mol. The molecule has 2 N–H and O–H groups in total. The van der Waals surface area contributed by atoms with Crippen molar-refractivity contribution in [1.82, 2.24) is 20.8 Å². The van der Waals surface area contributed by atoms with Gasteiger partial charge in [-0.3, -0.25) is 0 Å². The number of ether oxygens (including phenoxy) is 2. The van der Waals surface area contributed by atoms with E-state index in [0.717, 1.165) is 36.4 Å². The van der Waals surface area contributed by atoms with Crippen molar-refractivity contribution in [1.29, 1.82) is 0 Å². The van der Waals surface area contributed by atoms with Crippen LogP contribution in [0.3, 0.4) is 0 Å². The highest BCUT2D eigenvalue weighted by Gasteiger charge is 2.51. The highest BCUT2D eigenvalue weighted by atomic mass is 16.6. The largest absolute Gasteiger partial charge is 0.449 e. The van der Waals surface area contributed by atoms with Gasteiger partial charge in [0.15, 0.2) is 5.82 Å². The van der Waals surface area contributed by atoms with Crippen molar-refractivity contribution in [3.05, 3.63) is 71.4 Å². The van der Waals surface area contributed by atoms with Gasteiger partial charge >= 0.3 is 12.2 Å². The molecule has 3 aromatic rings. The third kappa shape index (κ3) is 7.19. The van der Waals surface area contributed by atoms with Gasteiger partial charge in [0, 0.05) is 18.9 Å². The van der Waals surface area contributed by atoms with Gasteiger partial charge in [-0.25, -0.2) is 9.59 Å². The standard InChI is InChI=1S/C38H48N4O5/c1-37(2,3)46-35(43)39-15-9-8-14-32(34-41-33(42-47-34)22-38-19-24-16-25(20-38)18-26(17-24)21-38)40-36(44)45-23-31-29-12-6-4-10-27(29)28-11-5-7-13-30(28)31/h4-7,10-13,24-26,31-32H,8-9,14-23H2,1-3H3,(H,39,43)(H,40,44)/t24?,25?,26?,32-,38?/m0/s1. The van der Waals surface area contributed by atoms with Gasteiger partial charge < -0.3 is 24.6 Å². The number of benzene rings is 2. The second-order valence-corrected chi connectivity index (χ2v) is 15.6. The van der Waals surface area contributed by atoms with Gasteiger partial charge in [0.1, 0.15) is 18.2 Å². The normalized spacial score (nSPS) is 24.8. The maximum Gasteiger partial charge on any atom is 0.407 e. The van der Waals surface area contributed by atoms with Crippen LogP contribution in [0.25, 0.3) is 11.1 Å². The highest BCUT2D eigenvalue weighted by Crippen LogP contribution is 2.61. The van der Waals surface area contributed by atoms with E-state index in [-0.39, 0.29) is 12.5 Å². The van der Waals surface area contributed by atoms with Crippen LogP contribution in [0.15, 0.2) is 53.1 Å². The lowest BCUT2D eigenvalue weighted by Gasteiger charge is -2.56. The van der Waals surface area contributed by atoms with E-state index in [0.29, 0.717) is 30.7 Å². The van der Waals surface area contributed by atoms with E-state index < -0.39 is 23.8 Å². The van der Waals surface area contributed by atoms with Gasteiger partial charge in [-0.1, -0.05) is 53.7 Å². The zero-order chi connectivity index (χ0) is 32.6. The molecule has 1 aromatic heterocycles. The maximum absolute atomic E-state index is 13.3. The van der Waals surface area contributed by atoms with Gasteiger partial charge in [-0.05, 0) is 124 Å².